The molecular weight excluding hydrogens is 262 g/mol. The van der Waals surface area contributed by atoms with E-state index in [0.717, 1.165) is 12.0 Å². The molecule has 0 aliphatic rings. The molecule has 1 unspecified atom stereocenters. The van der Waals surface area contributed by atoms with Crippen LogP contribution in [0.4, 0.5) is 0 Å². The number of methoxy groups -OCH3 is 2. The van der Waals surface area contributed by atoms with E-state index >= 15 is 0 Å². The smallest absolute Gasteiger partial charge is 0.162 e. The second-order valence-electron chi connectivity index (χ2n) is 5.29. The summed E-state index contributed by atoms with van der Waals surface area (Å²) < 4.78 is 10.6. The lowest BCUT2D eigenvalue weighted by molar-refractivity contribution is 0.244. The first kappa shape index (κ1) is 16.1. The fraction of sp³-hybridized carbons (Fsp3) is 0.600. The first-order valence-electron chi connectivity index (χ1n) is 6.50. The standard InChI is InChI=1S/C15H24ClNO2/c1-7-15(2,3)14(17-4)10-8-12(18-5)13(19-6)9-11(10)16/h8-9,14,17H,7H2,1-6H3. The molecule has 1 atom stereocenters. The average Bonchev–Trinajstić information content (AvgIpc) is 2.40. The number of nitrogens with one attached hydrogen (secondary N) is 1. The van der Waals surface area contributed by atoms with Gasteiger partial charge in [0.25, 0.3) is 0 Å². The van der Waals surface area contributed by atoms with E-state index in [1.807, 2.05) is 19.2 Å². The van der Waals surface area contributed by atoms with Gasteiger partial charge in [0.15, 0.2) is 11.5 Å². The average molecular weight is 286 g/mol. The maximum Gasteiger partial charge on any atom is 0.162 e. The van der Waals surface area contributed by atoms with Crippen molar-refractivity contribution >= 4 is 11.6 Å². The van der Waals surface area contributed by atoms with E-state index in [9.17, 15) is 0 Å². The molecule has 0 saturated heterocycles. The molecule has 0 bridgehead atoms. The van der Waals surface area contributed by atoms with E-state index in [1.54, 1.807) is 14.2 Å². The zero-order valence-corrected chi connectivity index (χ0v) is 13.4. The number of halogens is 1. The molecule has 0 radical (unpaired) electrons. The molecular formula is C15H24ClNO2. The Labute approximate surface area is 121 Å². The summed E-state index contributed by atoms with van der Waals surface area (Å²) in [5, 5.41) is 4.05. The van der Waals surface area contributed by atoms with Crippen molar-refractivity contribution in [1.29, 1.82) is 0 Å². The second kappa shape index (κ2) is 6.49. The number of hydrogen-bond acceptors (Lipinski definition) is 3. The minimum absolute atomic E-state index is 0.0952. The van der Waals surface area contributed by atoms with Gasteiger partial charge in [0, 0.05) is 17.1 Å². The lowest BCUT2D eigenvalue weighted by atomic mass is 9.78. The largest absolute Gasteiger partial charge is 0.493 e. The Balaban J connectivity index is 3.32. The second-order valence-corrected chi connectivity index (χ2v) is 5.70. The Hall–Kier alpha value is -0.930. The summed E-state index contributed by atoms with van der Waals surface area (Å²) in [6, 6.07) is 3.93. The summed E-state index contributed by atoms with van der Waals surface area (Å²) in [5.74, 6) is 1.36. The van der Waals surface area contributed by atoms with E-state index < -0.39 is 0 Å². The van der Waals surface area contributed by atoms with Gasteiger partial charge in [-0.15, -0.1) is 0 Å². The van der Waals surface area contributed by atoms with E-state index in [-0.39, 0.29) is 11.5 Å². The summed E-state index contributed by atoms with van der Waals surface area (Å²) in [5.41, 5.74) is 1.13. The maximum atomic E-state index is 6.40. The number of hydrogen-bond donors (Lipinski definition) is 1. The Kier molecular flexibility index (Phi) is 5.50. The van der Waals surface area contributed by atoms with Crippen molar-refractivity contribution in [2.75, 3.05) is 21.3 Å². The van der Waals surface area contributed by atoms with Crippen LogP contribution >= 0.6 is 11.6 Å². The monoisotopic (exact) mass is 285 g/mol. The number of benzene rings is 1. The van der Waals surface area contributed by atoms with Gasteiger partial charge in [0.2, 0.25) is 0 Å². The van der Waals surface area contributed by atoms with Crippen molar-refractivity contribution in [2.24, 2.45) is 5.41 Å². The van der Waals surface area contributed by atoms with Crippen LogP contribution < -0.4 is 14.8 Å². The third kappa shape index (κ3) is 3.34. The molecule has 0 aliphatic carbocycles. The van der Waals surface area contributed by atoms with Crippen molar-refractivity contribution in [2.45, 2.75) is 33.2 Å². The highest BCUT2D eigenvalue weighted by molar-refractivity contribution is 6.31. The molecule has 108 valence electrons. The van der Waals surface area contributed by atoms with E-state index in [4.69, 9.17) is 21.1 Å². The van der Waals surface area contributed by atoms with Crippen LogP contribution in [0.5, 0.6) is 11.5 Å². The fourth-order valence-corrected chi connectivity index (χ4v) is 2.53. The predicted octanol–water partition coefficient (Wildman–Crippen LogP) is 4.05. The van der Waals surface area contributed by atoms with Gasteiger partial charge < -0.3 is 14.8 Å². The van der Waals surface area contributed by atoms with Gasteiger partial charge >= 0.3 is 0 Å². The summed E-state index contributed by atoms with van der Waals surface area (Å²) in [4.78, 5) is 0. The van der Waals surface area contributed by atoms with Crippen LogP contribution in [0.2, 0.25) is 5.02 Å². The third-order valence-electron chi connectivity index (χ3n) is 3.80. The van der Waals surface area contributed by atoms with E-state index in [1.165, 1.54) is 0 Å². The van der Waals surface area contributed by atoms with Gasteiger partial charge in [-0.25, -0.2) is 0 Å². The van der Waals surface area contributed by atoms with E-state index in [2.05, 4.69) is 26.1 Å². The lowest BCUT2D eigenvalue weighted by Gasteiger charge is -2.34. The molecule has 0 spiro atoms. The van der Waals surface area contributed by atoms with Gasteiger partial charge in [-0.3, -0.25) is 0 Å². The molecule has 0 fully saturated rings. The molecule has 0 amide bonds. The quantitative estimate of drug-likeness (QED) is 0.855. The summed E-state index contributed by atoms with van der Waals surface area (Å²) in [6.45, 7) is 6.63. The molecule has 3 nitrogen and oxygen atoms in total. The molecule has 4 heteroatoms. The minimum Gasteiger partial charge on any atom is -0.493 e. The molecule has 0 saturated carbocycles. The lowest BCUT2D eigenvalue weighted by Crippen LogP contribution is -2.31. The summed E-state index contributed by atoms with van der Waals surface area (Å²) >= 11 is 6.40. The highest BCUT2D eigenvalue weighted by Gasteiger charge is 2.30. The molecule has 1 aromatic rings. The zero-order valence-electron chi connectivity index (χ0n) is 12.6. The van der Waals surface area contributed by atoms with E-state index in [0.29, 0.717) is 16.5 Å². The molecule has 0 aromatic heterocycles. The van der Waals surface area contributed by atoms with Crippen molar-refractivity contribution in [1.82, 2.24) is 5.32 Å². The first-order chi connectivity index (χ1) is 8.91. The normalized spacial score (nSPS) is 13.2. The van der Waals surface area contributed by atoms with Gasteiger partial charge in [0.05, 0.1) is 14.2 Å². The van der Waals surface area contributed by atoms with Crippen LogP contribution in [0.3, 0.4) is 0 Å². The summed E-state index contributed by atoms with van der Waals surface area (Å²) in [6.07, 6.45) is 1.04. The molecule has 1 aromatic carbocycles. The third-order valence-corrected chi connectivity index (χ3v) is 4.12. The SMILES string of the molecule is CCC(C)(C)C(NC)c1cc(OC)c(OC)cc1Cl. The van der Waals surface area contributed by atoms with Gasteiger partial charge in [-0.1, -0.05) is 32.4 Å². The van der Waals surface area contributed by atoms with Crippen LogP contribution in [-0.4, -0.2) is 21.3 Å². The van der Waals surface area contributed by atoms with Crippen LogP contribution in [0.15, 0.2) is 12.1 Å². The van der Waals surface area contributed by atoms with Crippen LogP contribution in [0.25, 0.3) is 0 Å². The summed E-state index contributed by atoms with van der Waals surface area (Å²) in [7, 11) is 5.20. The van der Waals surface area contributed by atoms with Crippen molar-refractivity contribution < 1.29 is 9.47 Å². The van der Waals surface area contributed by atoms with Gasteiger partial charge in [-0.05, 0) is 30.5 Å². The Morgan fingerprint density at radius 2 is 1.74 bits per heavy atom. The Bertz CT molecular complexity index is 432. The zero-order chi connectivity index (χ0) is 14.6. The van der Waals surface area contributed by atoms with Crippen LogP contribution in [-0.2, 0) is 0 Å². The van der Waals surface area contributed by atoms with Gasteiger partial charge in [-0.2, -0.15) is 0 Å². The minimum atomic E-state index is 0.0952. The molecule has 1 N–H and O–H groups in total. The molecule has 1 rings (SSSR count). The topological polar surface area (TPSA) is 30.5 Å². The maximum absolute atomic E-state index is 6.40. The molecule has 0 aliphatic heterocycles. The van der Waals surface area contributed by atoms with Crippen molar-refractivity contribution in [3.8, 4) is 11.5 Å². The fourth-order valence-electron chi connectivity index (χ4n) is 2.26. The van der Waals surface area contributed by atoms with Crippen molar-refractivity contribution in [3.05, 3.63) is 22.7 Å². The molecule has 0 heterocycles. The van der Waals surface area contributed by atoms with Crippen LogP contribution in [0, 0.1) is 5.41 Å². The Morgan fingerprint density at radius 3 is 2.16 bits per heavy atom. The number of rotatable bonds is 6. The highest BCUT2D eigenvalue weighted by atomic mass is 35.5. The molecule has 19 heavy (non-hydrogen) atoms. The Morgan fingerprint density at radius 1 is 1.21 bits per heavy atom. The van der Waals surface area contributed by atoms with Crippen molar-refractivity contribution in [3.63, 3.8) is 0 Å². The predicted molar refractivity (Wildman–Crippen MR) is 80.4 cm³/mol. The van der Waals surface area contributed by atoms with Gasteiger partial charge in [0.1, 0.15) is 0 Å². The van der Waals surface area contributed by atoms with Crippen LogP contribution in [0.1, 0.15) is 38.8 Å². The number of ether oxygens (including phenoxy) is 2. The highest BCUT2D eigenvalue weighted by Crippen LogP contribution is 2.42. The first-order valence-corrected chi connectivity index (χ1v) is 6.87.